The van der Waals surface area contributed by atoms with Crippen LogP contribution in [0.2, 0.25) is 0 Å². The first-order chi connectivity index (χ1) is 10.8. The standard InChI is InChI=1S/C17H31N3O2/c1-22-16-9-5-4-8-15(16)19-17(21)18-13-10-11-20(12-13)14-6-2-3-7-14/h13-16H,2-12H2,1H3,(H2,18,19,21). The summed E-state index contributed by atoms with van der Waals surface area (Å²) in [5.41, 5.74) is 0. The highest BCUT2D eigenvalue weighted by Gasteiger charge is 2.31. The second-order valence-electron chi connectivity index (χ2n) is 7.20. The number of hydrogen-bond donors (Lipinski definition) is 2. The number of carbonyl (C=O) groups is 1. The maximum Gasteiger partial charge on any atom is 0.315 e. The predicted octanol–water partition coefficient (Wildman–Crippen LogP) is 2.26. The van der Waals surface area contributed by atoms with Crippen LogP contribution in [0.15, 0.2) is 0 Å². The van der Waals surface area contributed by atoms with Crippen LogP contribution in [0, 0.1) is 0 Å². The minimum atomic E-state index is -0.00720. The van der Waals surface area contributed by atoms with E-state index >= 15 is 0 Å². The van der Waals surface area contributed by atoms with Gasteiger partial charge in [-0.25, -0.2) is 4.79 Å². The van der Waals surface area contributed by atoms with E-state index in [-0.39, 0.29) is 18.2 Å². The highest BCUT2D eigenvalue weighted by molar-refractivity contribution is 5.74. The summed E-state index contributed by atoms with van der Waals surface area (Å²) in [5.74, 6) is 0. The van der Waals surface area contributed by atoms with Crippen LogP contribution >= 0.6 is 0 Å². The maximum atomic E-state index is 12.3. The molecule has 3 rings (SSSR count). The summed E-state index contributed by atoms with van der Waals surface area (Å²) in [4.78, 5) is 14.8. The van der Waals surface area contributed by atoms with E-state index in [1.165, 1.54) is 38.5 Å². The maximum absolute atomic E-state index is 12.3. The van der Waals surface area contributed by atoms with Gasteiger partial charge in [0.25, 0.3) is 0 Å². The summed E-state index contributed by atoms with van der Waals surface area (Å²) in [6.45, 7) is 2.16. The van der Waals surface area contributed by atoms with Crippen molar-refractivity contribution in [2.24, 2.45) is 0 Å². The third-order valence-electron chi connectivity index (χ3n) is 5.72. The molecule has 3 fully saturated rings. The molecule has 1 aliphatic heterocycles. The fourth-order valence-corrected chi connectivity index (χ4v) is 4.45. The Hall–Kier alpha value is -0.810. The largest absolute Gasteiger partial charge is 0.379 e. The zero-order chi connectivity index (χ0) is 15.4. The van der Waals surface area contributed by atoms with E-state index in [0.717, 1.165) is 38.4 Å². The first-order valence-electron chi connectivity index (χ1n) is 9.10. The van der Waals surface area contributed by atoms with Crippen molar-refractivity contribution in [3.05, 3.63) is 0 Å². The second kappa shape index (κ2) is 7.64. The summed E-state index contributed by atoms with van der Waals surface area (Å²) in [6.07, 6.45) is 11.2. The molecular formula is C17H31N3O2. The van der Waals surface area contributed by atoms with Gasteiger partial charge in [-0.05, 0) is 32.1 Å². The molecule has 0 spiro atoms. The van der Waals surface area contributed by atoms with Gasteiger partial charge in [0.05, 0.1) is 12.1 Å². The van der Waals surface area contributed by atoms with Gasteiger partial charge in [-0.1, -0.05) is 25.7 Å². The average molecular weight is 309 g/mol. The van der Waals surface area contributed by atoms with Crippen molar-refractivity contribution in [1.29, 1.82) is 0 Å². The number of likely N-dealkylation sites (tertiary alicyclic amines) is 1. The van der Waals surface area contributed by atoms with Gasteiger partial charge in [0.15, 0.2) is 0 Å². The molecule has 0 aromatic carbocycles. The highest BCUT2D eigenvalue weighted by Crippen LogP contribution is 2.26. The van der Waals surface area contributed by atoms with Gasteiger partial charge in [-0.15, -0.1) is 0 Å². The fourth-order valence-electron chi connectivity index (χ4n) is 4.45. The van der Waals surface area contributed by atoms with E-state index in [1.807, 2.05) is 0 Å². The Morgan fingerprint density at radius 2 is 1.73 bits per heavy atom. The molecule has 3 aliphatic rings. The number of rotatable bonds is 4. The molecule has 1 heterocycles. The van der Waals surface area contributed by atoms with Gasteiger partial charge < -0.3 is 15.4 Å². The van der Waals surface area contributed by atoms with Crippen molar-refractivity contribution in [2.75, 3.05) is 20.2 Å². The lowest BCUT2D eigenvalue weighted by molar-refractivity contribution is 0.0450. The topological polar surface area (TPSA) is 53.6 Å². The molecule has 126 valence electrons. The Morgan fingerprint density at radius 1 is 1.00 bits per heavy atom. The van der Waals surface area contributed by atoms with Crippen molar-refractivity contribution >= 4 is 6.03 Å². The molecule has 3 unspecified atom stereocenters. The molecule has 5 heteroatoms. The van der Waals surface area contributed by atoms with Gasteiger partial charge in [0.2, 0.25) is 0 Å². The number of hydrogen-bond acceptors (Lipinski definition) is 3. The van der Waals surface area contributed by atoms with E-state index in [1.54, 1.807) is 7.11 Å². The zero-order valence-electron chi connectivity index (χ0n) is 13.9. The van der Waals surface area contributed by atoms with Crippen molar-refractivity contribution in [3.8, 4) is 0 Å². The molecule has 0 aromatic heterocycles. The summed E-state index contributed by atoms with van der Waals surface area (Å²) in [5, 5.41) is 6.31. The fraction of sp³-hybridized carbons (Fsp3) is 0.941. The summed E-state index contributed by atoms with van der Waals surface area (Å²) in [6, 6.07) is 1.24. The number of urea groups is 1. The monoisotopic (exact) mass is 309 g/mol. The number of ether oxygens (including phenoxy) is 1. The Balaban J connectivity index is 1.42. The van der Waals surface area contributed by atoms with E-state index in [9.17, 15) is 4.79 Å². The van der Waals surface area contributed by atoms with E-state index in [2.05, 4.69) is 15.5 Å². The van der Waals surface area contributed by atoms with Gasteiger partial charge in [-0.3, -0.25) is 4.90 Å². The molecule has 2 aliphatic carbocycles. The number of amides is 2. The molecule has 3 atom stereocenters. The first-order valence-corrected chi connectivity index (χ1v) is 9.10. The van der Waals surface area contributed by atoms with Gasteiger partial charge >= 0.3 is 6.03 Å². The number of nitrogens with one attached hydrogen (secondary N) is 2. The smallest absolute Gasteiger partial charge is 0.315 e. The van der Waals surface area contributed by atoms with Crippen LogP contribution in [0.5, 0.6) is 0 Å². The second-order valence-corrected chi connectivity index (χ2v) is 7.20. The van der Waals surface area contributed by atoms with Crippen molar-refractivity contribution in [1.82, 2.24) is 15.5 Å². The molecule has 0 aromatic rings. The zero-order valence-corrected chi connectivity index (χ0v) is 13.9. The molecular weight excluding hydrogens is 278 g/mol. The minimum absolute atomic E-state index is 0.00720. The Morgan fingerprint density at radius 3 is 2.50 bits per heavy atom. The molecule has 1 saturated heterocycles. The number of methoxy groups -OCH3 is 1. The quantitative estimate of drug-likeness (QED) is 0.837. The third kappa shape index (κ3) is 3.93. The van der Waals surface area contributed by atoms with Gasteiger partial charge in [-0.2, -0.15) is 0 Å². The average Bonchev–Trinajstić information content (AvgIpc) is 3.18. The Kier molecular flexibility index (Phi) is 5.58. The van der Waals surface area contributed by atoms with Crippen molar-refractivity contribution in [3.63, 3.8) is 0 Å². The van der Waals surface area contributed by atoms with E-state index in [0.29, 0.717) is 6.04 Å². The van der Waals surface area contributed by atoms with Crippen LogP contribution in [0.4, 0.5) is 4.79 Å². The molecule has 5 nitrogen and oxygen atoms in total. The summed E-state index contributed by atoms with van der Waals surface area (Å²) in [7, 11) is 1.75. The minimum Gasteiger partial charge on any atom is -0.379 e. The van der Waals surface area contributed by atoms with Crippen LogP contribution in [-0.4, -0.2) is 55.4 Å². The van der Waals surface area contributed by atoms with E-state index < -0.39 is 0 Å². The molecule has 22 heavy (non-hydrogen) atoms. The molecule has 2 saturated carbocycles. The molecule has 2 amide bonds. The summed E-state index contributed by atoms with van der Waals surface area (Å²) < 4.78 is 5.51. The van der Waals surface area contributed by atoms with Gasteiger partial charge in [0.1, 0.15) is 0 Å². The van der Waals surface area contributed by atoms with Crippen LogP contribution in [0.1, 0.15) is 57.8 Å². The lowest BCUT2D eigenvalue weighted by Crippen LogP contribution is -2.52. The Labute approximate surface area is 134 Å². The molecule has 0 bridgehead atoms. The molecule has 0 radical (unpaired) electrons. The van der Waals surface area contributed by atoms with Crippen LogP contribution in [-0.2, 0) is 4.74 Å². The SMILES string of the molecule is COC1CCCCC1NC(=O)NC1CCN(C2CCCC2)C1. The normalized spacial score (nSPS) is 34.0. The van der Waals surface area contributed by atoms with Crippen LogP contribution in [0.25, 0.3) is 0 Å². The third-order valence-corrected chi connectivity index (χ3v) is 5.72. The lowest BCUT2D eigenvalue weighted by atomic mass is 9.92. The van der Waals surface area contributed by atoms with Gasteiger partial charge in [0, 0.05) is 32.3 Å². The molecule has 2 N–H and O–H groups in total. The lowest BCUT2D eigenvalue weighted by Gasteiger charge is -2.31. The van der Waals surface area contributed by atoms with Crippen LogP contribution in [0.3, 0.4) is 0 Å². The first kappa shape index (κ1) is 16.1. The summed E-state index contributed by atoms with van der Waals surface area (Å²) >= 11 is 0. The predicted molar refractivity (Wildman–Crippen MR) is 87.0 cm³/mol. The number of nitrogens with zero attached hydrogens (tertiary/aromatic N) is 1. The van der Waals surface area contributed by atoms with Crippen molar-refractivity contribution < 1.29 is 9.53 Å². The highest BCUT2D eigenvalue weighted by atomic mass is 16.5. The van der Waals surface area contributed by atoms with E-state index in [4.69, 9.17) is 4.74 Å². The van der Waals surface area contributed by atoms with Crippen LogP contribution < -0.4 is 10.6 Å². The number of carbonyl (C=O) groups excluding carboxylic acids is 1. The Bertz CT molecular complexity index is 371. The van der Waals surface area contributed by atoms with Crippen molar-refractivity contribution in [2.45, 2.75) is 82.0 Å².